The number of likely N-dealkylation sites (N-methyl/N-ethyl adjacent to an activating group) is 1. The third-order valence-electron chi connectivity index (χ3n) is 3.34. The van der Waals surface area contributed by atoms with Crippen LogP contribution in [0.15, 0.2) is 12.4 Å². The average Bonchev–Trinajstić information content (AvgIpc) is 2.87. The Hall–Kier alpha value is -1.44. The van der Waals surface area contributed by atoms with Crippen LogP contribution in [0.4, 0.5) is 0 Å². The Morgan fingerprint density at radius 2 is 2.25 bits per heavy atom. The van der Waals surface area contributed by atoms with Crippen molar-refractivity contribution in [2.75, 3.05) is 46.4 Å². The van der Waals surface area contributed by atoms with Crippen LogP contribution in [0.3, 0.4) is 0 Å². The lowest BCUT2D eigenvalue weighted by Crippen LogP contribution is -2.49. The van der Waals surface area contributed by atoms with Gasteiger partial charge in [-0.2, -0.15) is 5.10 Å². The van der Waals surface area contributed by atoms with Gasteiger partial charge in [0, 0.05) is 44.5 Å². The van der Waals surface area contributed by atoms with Gasteiger partial charge >= 0.3 is 0 Å². The largest absolute Gasteiger partial charge is 0.394 e. The molecule has 7 heteroatoms. The van der Waals surface area contributed by atoms with Gasteiger partial charge in [0.2, 0.25) is 5.91 Å². The molecule has 2 heterocycles. The molecule has 20 heavy (non-hydrogen) atoms. The number of carbonyl (C=O) groups excluding carboxylic acids is 1. The molecule has 0 aromatic carbocycles. The molecule has 1 saturated heterocycles. The fourth-order valence-corrected chi connectivity index (χ4v) is 2.33. The van der Waals surface area contributed by atoms with Crippen LogP contribution in [0.1, 0.15) is 5.56 Å². The Bertz CT molecular complexity index is 428. The number of piperazine rings is 1. The Kier molecular flexibility index (Phi) is 5.51. The molecular formula is C13H23N5O2. The summed E-state index contributed by atoms with van der Waals surface area (Å²) in [7, 11) is 1.93. The smallest absolute Gasteiger partial charge is 0.236 e. The molecule has 0 radical (unpaired) electrons. The number of aliphatic hydroxyl groups is 1. The maximum atomic E-state index is 12.1. The standard InChI is InChI=1S/C13H23N5O2/c1-16(9-12-8-15-18(10-12)6-7-19)11-13(20)17-4-2-14-3-5-17/h8,10,14,19H,2-7,9,11H2,1H3. The van der Waals surface area contributed by atoms with E-state index in [1.807, 2.05) is 23.0 Å². The van der Waals surface area contributed by atoms with Crippen LogP contribution < -0.4 is 5.32 Å². The van der Waals surface area contributed by atoms with E-state index in [9.17, 15) is 4.79 Å². The molecule has 0 bridgehead atoms. The highest BCUT2D eigenvalue weighted by atomic mass is 16.3. The molecule has 1 aromatic rings. The summed E-state index contributed by atoms with van der Waals surface area (Å²) >= 11 is 0. The summed E-state index contributed by atoms with van der Waals surface area (Å²) in [6.07, 6.45) is 3.68. The summed E-state index contributed by atoms with van der Waals surface area (Å²) in [6.45, 7) is 5.03. The first kappa shape index (κ1) is 15.0. The van der Waals surface area contributed by atoms with Gasteiger partial charge < -0.3 is 15.3 Å². The number of aliphatic hydroxyl groups excluding tert-OH is 1. The van der Waals surface area contributed by atoms with Crippen LogP contribution in [0.5, 0.6) is 0 Å². The van der Waals surface area contributed by atoms with Gasteiger partial charge in [-0.3, -0.25) is 14.4 Å². The summed E-state index contributed by atoms with van der Waals surface area (Å²) in [5, 5.41) is 16.2. The molecule has 1 aromatic heterocycles. The van der Waals surface area contributed by atoms with Gasteiger partial charge in [-0.25, -0.2) is 0 Å². The number of nitrogens with one attached hydrogen (secondary N) is 1. The van der Waals surface area contributed by atoms with Crippen LogP contribution in [-0.2, 0) is 17.9 Å². The topological polar surface area (TPSA) is 73.6 Å². The lowest BCUT2D eigenvalue weighted by Gasteiger charge is -2.29. The summed E-state index contributed by atoms with van der Waals surface area (Å²) in [5.74, 6) is 0.178. The molecule has 2 rings (SSSR count). The maximum Gasteiger partial charge on any atom is 0.236 e. The second-order valence-electron chi connectivity index (χ2n) is 5.14. The molecule has 1 aliphatic rings. The third-order valence-corrected chi connectivity index (χ3v) is 3.34. The summed E-state index contributed by atoms with van der Waals surface area (Å²) in [4.78, 5) is 16.0. The third kappa shape index (κ3) is 4.29. The number of hydrogen-bond acceptors (Lipinski definition) is 5. The van der Waals surface area contributed by atoms with Crippen molar-refractivity contribution in [3.05, 3.63) is 18.0 Å². The zero-order chi connectivity index (χ0) is 14.4. The van der Waals surface area contributed by atoms with Crippen molar-refractivity contribution in [3.8, 4) is 0 Å². The van der Waals surface area contributed by atoms with E-state index in [2.05, 4.69) is 10.4 Å². The first-order valence-electron chi connectivity index (χ1n) is 6.98. The van der Waals surface area contributed by atoms with Crippen molar-refractivity contribution in [3.63, 3.8) is 0 Å². The molecule has 1 aliphatic heterocycles. The molecule has 7 nitrogen and oxygen atoms in total. The minimum atomic E-state index is 0.0818. The second-order valence-corrected chi connectivity index (χ2v) is 5.14. The SMILES string of the molecule is CN(CC(=O)N1CCNCC1)Cc1cnn(CCO)c1. The average molecular weight is 281 g/mol. The van der Waals surface area contributed by atoms with E-state index in [1.54, 1.807) is 10.9 Å². The Morgan fingerprint density at radius 3 is 2.95 bits per heavy atom. The molecule has 0 spiro atoms. The molecule has 0 saturated carbocycles. The van der Waals surface area contributed by atoms with E-state index < -0.39 is 0 Å². The van der Waals surface area contributed by atoms with Gasteiger partial charge in [0.25, 0.3) is 0 Å². The van der Waals surface area contributed by atoms with Gasteiger partial charge in [-0.1, -0.05) is 0 Å². The highest BCUT2D eigenvalue weighted by Crippen LogP contribution is 2.03. The number of hydrogen-bond donors (Lipinski definition) is 2. The number of nitrogens with zero attached hydrogens (tertiary/aromatic N) is 4. The van der Waals surface area contributed by atoms with Gasteiger partial charge in [0.05, 0.1) is 25.9 Å². The number of rotatable bonds is 6. The number of amides is 1. The zero-order valence-electron chi connectivity index (χ0n) is 12.0. The van der Waals surface area contributed by atoms with Crippen molar-refractivity contribution in [1.82, 2.24) is 24.9 Å². The maximum absolute atomic E-state index is 12.1. The predicted octanol–water partition coefficient (Wildman–Crippen LogP) is -1.26. The summed E-state index contributed by atoms with van der Waals surface area (Å²) < 4.78 is 1.71. The van der Waals surface area contributed by atoms with E-state index in [0.717, 1.165) is 31.7 Å². The fourth-order valence-electron chi connectivity index (χ4n) is 2.33. The van der Waals surface area contributed by atoms with Gasteiger partial charge in [-0.05, 0) is 7.05 Å². The van der Waals surface area contributed by atoms with Crippen molar-refractivity contribution in [2.24, 2.45) is 0 Å². The van der Waals surface area contributed by atoms with Crippen LogP contribution in [0.25, 0.3) is 0 Å². The molecule has 0 aliphatic carbocycles. The van der Waals surface area contributed by atoms with Crippen LogP contribution in [0, 0.1) is 0 Å². The van der Waals surface area contributed by atoms with Crippen LogP contribution in [-0.4, -0.2) is 77.0 Å². The summed E-state index contributed by atoms with van der Waals surface area (Å²) in [6, 6.07) is 0. The second kappa shape index (κ2) is 7.37. The Labute approximate surface area is 119 Å². The van der Waals surface area contributed by atoms with Gasteiger partial charge in [0.1, 0.15) is 0 Å². The van der Waals surface area contributed by atoms with Gasteiger partial charge in [-0.15, -0.1) is 0 Å². The normalized spacial score (nSPS) is 15.8. The summed E-state index contributed by atoms with van der Waals surface area (Å²) in [5.41, 5.74) is 1.05. The molecular weight excluding hydrogens is 258 g/mol. The predicted molar refractivity (Wildman–Crippen MR) is 75.1 cm³/mol. The monoisotopic (exact) mass is 281 g/mol. The van der Waals surface area contributed by atoms with E-state index >= 15 is 0 Å². The van der Waals surface area contributed by atoms with E-state index in [4.69, 9.17) is 5.11 Å². The first-order valence-corrected chi connectivity index (χ1v) is 6.98. The van der Waals surface area contributed by atoms with E-state index in [1.165, 1.54) is 0 Å². The minimum Gasteiger partial charge on any atom is -0.394 e. The van der Waals surface area contributed by atoms with E-state index in [-0.39, 0.29) is 12.5 Å². The minimum absolute atomic E-state index is 0.0818. The van der Waals surface area contributed by atoms with Crippen molar-refractivity contribution in [2.45, 2.75) is 13.1 Å². The lowest BCUT2D eigenvalue weighted by atomic mass is 10.3. The molecule has 0 unspecified atom stereocenters. The molecule has 1 amide bonds. The van der Waals surface area contributed by atoms with Crippen molar-refractivity contribution in [1.29, 1.82) is 0 Å². The number of carbonyl (C=O) groups is 1. The first-order chi connectivity index (χ1) is 9.69. The van der Waals surface area contributed by atoms with Crippen molar-refractivity contribution < 1.29 is 9.90 Å². The number of aromatic nitrogens is 2. The van der Waals surface area contributed by atoms with Crippen molar-refractivity contribution >= 4 is 5.91 Å². The molecule has 112 valence electrons. The Morgan fingerprint density at radius 1 is 1.50 bits per heavy atom. The molecule has 2 N–H and O–H groups in total. The quantitative estimate of drug-likeness (QED) is 0.681. The van der Waals surface area contributed by atoms with E-state index in [0.29, 0.717) is 19.6 Å². The lowest BCUT2D eigenvalue weighted by molar-refractivity contribution is -0.132. The highest BCUT2D eigenvalue weighted by molar-refractivity contribution is 5.78. The molecule has 1 fully saturated rings. The van der Waals surface area contributed by atoms with Crippen LogP contribution >= 0.6 is 0 Å². The fraction of sp³-hybridized carbons (Fsp3) is 0.692. The van der Waals surface area contributed by atoms with Crippen LogP contribution in [0.2, 0.25) is 0 Å². The highest BCUT2D eigenvalue weighted by Gasteiger charge is 2.17. The Balaban J connectivity index is 1.78. The zero-order valence-corrected chi connectivity index (χ0v) is 12.0. The molecule has 0 atom stereocenters. The van der Waals surface area contributed by atoms with Gasteiger partial charge in [0.15, 0.2) is 0 Å².